The molecule has 1 aromatic carbocycles. The molecule has 0 aliphatic rings. The third-order valence-corrected chi connectivity index (χ3v) is 4.02. The largest absolute Gasteiger partial charge is 0.362 e. The molecule has 0 aliphatic carbocycles. The van der Waals surface area contributed by atoms with Crippen molar-refractivity contribution in [3.8, 4) is 0 Å². The number of benzene rings is 1. The lowest BCUT2D eigenvalue weighted by Crippen LogP contribution is -2.36. The smallest absolute Gasteiger partial charge is 0.166 e. The number of nitrogens with zero attached hydrogens (tertiary/aromatic N) is 2. The third-order valence-electron chi connectivity index (χ3n) is 3.07. The van der Waals surface area contributed by atoms with Gasteiger partial charge in [-0.3, -0.25) is 4.68 Å². The van der Waals surface area contributed by atoms with Crippen LogP contribution in [0.2, 0.25) is 0 Å². The molecule has 0 fully saturated rings. The number of hydrogen-bond donors (Lipinski definition) is 2. The van der Waals surface area contributed by atoms with Crippen molar-refractivity contribution in [3.63, 3.8) is 0 Å². The molecular formula is C15H19BrN4S. The second-order valence-electron chi connectivity index (χ2n) is 4.62. The standard InChI is InChI=1S/C15H19BrN4S/c1-2-20-11-13(16)14(19-20)10-18-15(21)17-9-8-12-6-4-3-5-7-12/h3-7,11H,2,8-10H2,1H3,(H2,17,18,21). The molecule has 21 heavy (non-hydrogen) atoms. The van der Waals surface area contributed by atoms with Gasteiger partial charge in [-0.2, -0.15) is 5.10 Å². The van der Waals surface area contributed by atoms with Gasteiger partial charge in [-0.05, 0) is 47.1 Å². The summed E-state index contributed by atoms with van der Waals surface area (Å²) in [4.78, 5) is 0. The van der Waals surface area contributed by atoms with Crippen molar-refractivity contribution >= 4 is 33.3 Å². The van der Waals surface area contributed by atoms with Crippen LogP contribution in [0.3, 0.4) is 0 Å². The Labute approximate surface area is 139 Å². The molecule has 112 valence electrons. The van der Waals surface area contributed by atoms with Crippen LogP contribution >= 0.6 is 28.1 Å². The maximum atomic E-state index is 5.27. The third kappa shape index (κ3) is 5.13. The summed E-state index contributed by atoms with van der Waals surface area (Å²) in [6.07, 6.45) is 2.93. The SMILES string of the molecule is CCn1cc(Br)c(CNC(=S)NCCc2ccccc2)n1. The molecule has 2 N–H and O–H groups in total. The zero-order valence-corrected chi connectivity index (χ0v) is 14.4. The van der Waals surface area contributed by atoms with Crippen LogP contribution in [0.1, 0.15) is 18.2 Å². The summed E-state index contributed by atoms with van der Waals surface area (Å²) >= 11 is 8.78. The predicted octanol–water partition coefficient (Wildman–Crippen LogP) is 2.87. The minimum atomic E-state index is 0.616. The molecule has 0 aliphatic heterocycles. The number of aryl methyl sites for hydroxylation is 1. The summed E-state index contributed by atoms with van der Waals surface area (Å²) in [6, 6.07) is 10.4. The van der Waals surface area contributed by atoms with Crippen molar-refractivity contribution in [2.45, 2.75) is 26.4 Å². The normalized spacial score (nSPS) is 10.4. The van der Waals surface area contributed by atoms with Crippen LogP contribution in [0.15, 0.2) is 41.0 Å². The number of nitrogens with one attached hydrogen (secondary N) is 2. The maximum Gasteiger partial charge on any atom is 0.166 e. The molecule has 0 amide bonds. The van der Waals surface area contributed by atoms with E-state index in [-0.39, 0.29) is 0 Å². The van der Waals surface area contributed by atoms with E-state index in [4.69, 9.17) is 12.2 Å². The first-order valence-corrected chi connectivity index (χ1v) is 8.16. The van der Waals surface area contributed by atoms with E-state index in [0.29, 0.717) is 11.7 Å². The molecule has 6 heteroatoms. The first-order chi connectivity index (χ1) is 10.2. The topological polar surface area (TPSA) is 41.9 Å². The highest BCUT2D eigenvalue weighted by Crippen LogP contribution is 2.14. The molecule has 4 nitrogen and oxygen atoms in total. The molecule has 2 rings (SSSR count). The van der Waals surface area contributed by atoms with E-state index in [1.165, 1.54) is 5.56 Å². The van der Waals surface area contributed by atoms with Crippen molar-refractivity contribution in [2.24, 2.45) is 0 Å². The van der Waals surface area contributed by atoms with Crippen molar-refractivity contribution in [3.05, 3.63) is 52.3 Å². The zero-order valence-electron chi connectivity index (χ0n) is 12.0. The van der Waals surface area contributed by atoms with Gasteiger partial charge in [0.05, 0.1) is 16.7 Å². The van der Waals surface area contributed by atoms with E-state index in [2.05, 4.69) is 50.7 Å². The van der Waals surface area contributed by atoms with Gasteiger partial charge in [0.15, 0.2) is 5.11 Å². The average molecular weight is 367 g/mol. The molecule has 0 spiro atoms. The molecule has 0 atom stereocenters. The minimum Gasteiger partial charge on any atom is -0.362 e. The summed E-state index contributed by atoms with van der Waals surface area (Å²) in [6.45, 7) is 4.36. The van der Waals surface area contributed by atoms with Gasteiger partial charge >= 0.3 is 0 Å². The fraction of sp³-hybridized carbons (Fsp3) is 0.333. The van der Waals surface area contributed by atoms with Crippen LogP contribution in [0.5, 0.6) is 0 Å². The van der Waals surface area contributed by atoms with Gasteiger partial charge in [0.1, 0.15) is 0 Å². The second-order valence-corrected chi connectivity index (χ2v) is 5.89. The Morgan fingerprint density at radius 2 is 2.05 bits per heavy atom. The molecule has 0 saturated carbocycles. The summed E-state index contributed by atoms with van der Waals surface area (Å²) in [5.74, 6) is 0. The Hall–Kier alpha value is -1.40. The Morgan fingerprint density at radius 3 is 2.71 bits per heavy atom. The van der Waals surface area contributed by atoms with Gasteiger partial charge in [0, 0.05) is 19.3 Å². The molecule has 1 heterocycles. The lowest BCUT2D eigenvalue weighted by Gasteiger charge is -2.09. The molecule has 0 unspecified atom stereocenters. The van der Waals surface area contributed by atoms with Gasteiger partial charge in [-0.15, -0.1) is 0 Å². The van der Waals surface area contributed by atoms with Gasteiger partial charge in [-0.1, -0.05) is 30.3 Å². The summed E-state index contributed by atoms with van der Waals surface area (Å²) in [5.41, 5.74) is 2.27. The number of halogens is 1. The van der Waals surface area contributed by atoms with Crippen molar-refractivity contribution < 1.29 is 0 Å². The van der Waals surface area contributed by atoms with Gasteiger partial charge in [-0.25, -0.2) is 0 Å². The molecular weight excluding hydrogens is 348 g/mol. The fourth-order valence-corrected chi connectivity index (χ4v) is 2.54. The monoisotopic (exact) mass is 366 g/mol. The van der Waals surface area contributed by atoms with Crippen LogP contribution in [0.4, 0.5) is 0 Å². The van der Waals surface area contributed by atoms with E-state index in [9.17, 15) is 0 Å². The van der Waals surface area contributed by atoms with Crippen LogP contribution < -0.4 is 10.6 Å². The van der Waals surface area contributed by atoms with Gasteiger partial charge in [0.25, 0.3) is 0 Å². The number of aromatic nitrogens is 2. The molecule has 0 bridgehead atoms. The van der Waals surface area contributed by atoms with E-state index < -0.39 is 0 Å². The van der Waals surface area contributed by atoms with E-state index >= 15 is 0 Å². The molecule has 0 saturated heterocycles. The van der Waals surface area contributed by atoms with E-state index in [1.807, 2.05) is 29.1 Å². The van der Waals surface area contributed by atoms with Crippen molar-refractivity contribution in [2.75, 3.05) is 6.54 Å². The number of rotatable bonds is 6. The highest BCUT2D eigenvalue weighted by atomic mass is 79.9. The molecule has 2 aromatic rings. The number of thiocarbonyl (C=S) groups is 1. The Kier molecular flexibility index (Phi) is 6.20. The van der Waals surface area contributed by atoms with Gasteiger partial charge in [0.2, 0.25) is 0 Å². The van der Waals surface area contributed by atoms with Crippen molar-refractivity contribution in [1.29, 1.82) is 0 Å². The quantitative estimate of drug-likeness (QED) is 0.771. The second kappa shape index (κ2) is 8.14. The maximum absolute atomic E-state index is 5.27. The van der Waals surface area contributed by atoms with E-state index in [1.54, 1.807) is 0 Å². The molecule has 1 aromatic heterocycles. The summed E-state index contributed by atoms with van der Waals surface area (Å²) < 4.78 is 2.90. The Morgan fingerprint density at radius 1 is 1.29 bits per heavy atom. The Balaban J connectivity index is 1.71. The minimum absolute atomic E-state index is 0.616. The zero-order chi connectivity index (χ0) is 15.1. The highest BCUT2D eigenvalue weighted by Gasteiger charge is 2.06. The summed E-state index contributed by atoms with van der Waals surface area (Å²) in [7, 11) is 0. The highest BCUT2D eigenvalue weighted by molar-refractivity contribution is 9.10. The van der Waals surface area contributed by atoms with Crippen LogP contribution in [-0.2, 0) is 19.5 Å². The van der Waals surface area contributed by atoms with Crippen LogP contribution in [0, 0.1) is 0 Å². The summed E-state index contributed by atoms with van der Waals surface area (Å²) in [5, 5.41) is 11.5. The van der Waals surface area contributed by atoms with Gasteiger partial charge < -0.3 is 10.6 Å². The molecule has 0 radical (unpaired) electrons. The average Bonchev–Trinajstić information content (AvgIpc) is 2.87. The fourth-order valence-electron chi connectivity index (χ4n) is 1.91. The predicted molar refractivity (Wildman–Crippen MR) is 93.2 cm³/mol. The lowest BCUT2D eigenvalue weighted by atomic mass is 10.1. The van der Waals surface area contributed by atoms with E-state index in [0.717, 1.165) is 29.7 Å². The lowest BCUT2D eigenvalue weighted by molar-refractivity contribution is 0.642. The number of hydrogen-bond acceptors (Lipinski definition) is 2. The first kappa shape index (κ1) is 16.0. The van der Waals surface area contributed by atoms with Crippen molar-refractivity contribution in [1.82, 2.24) is 20.4 Å². The van der Waals surface area contributed by atoms with Crippen LogP contribution in [0.25, 0.3) is 0 Å². The Bertz CT molecular complexity index is 583. The first-order valence-electron chi connectivity index (χ1n) is 6.96. The van der Waals surface area contributed by atoms with Crippen LogP contribution in [-0.4, -0.2) is 21.4 Å².